The Morgan fingerprint density at radius 2 is 2.03 bits per heavy atom. The van der Waals surface area contributed by atoms with E-state index in [1.165, 1.54) is 0 Å². The van der Waals surface area contributed by atoms with Crippen molar-refractivity contribution in [2.24, 2.45) is 0 Å². The number of anilines is 1. The number of nitrogens with zero attached hydrogens (tertiary/aromatic N) is 4. The SMILES string of the molecule is CCOc1c(Br)cc(C2C(C(=O)OCc3ccccc3)=C(C)Nc3nnnn32)cc1OC. The third kappa shape index (κ3) is 4.18. The predicted octanol–water partition coefficient (Wildman–Crippen LogP) is 3.88. The Morgan fingerprint density at radius 1 is 1.25 bits per heavy atom. The molecule has 2 heterocycles. The zero-order chi connectivity index (χ0) is 22.7. The second-order valence-electron chi connectivity index (χ2n) is 7.04. The van der Waals surface area contributed by atoms with E-state index in [4.69, 9.17) is 14.2 Å². The molecule has 1 unspecified atom stereocenters. The van der Waals surface area contributed by atoms with Crippen molar-refractivity contribution >= 4 is 27.8 Å². The molecule has 0 aliphatic carbocycles. The number of esters is 1. The fourth-order valence-corrected chi connectivity index (χ4v) is 4.14. The van der Waals surface area contributed by atoms with Crippen molar-refractivity contribution in [3.8, 4) is 11.5 Å². The summed E-state index contributed by atoms with van der Waals surface area (Å²) in [6, 6.07) is 12.6. The highest BCUT2D eigenvalue weighted by atomic mass is 79.9. The van der Waals surface area contributed by atoms with Crippen LogP contribution in [-0.4, -0.2) is 39.9 Å². The molecule has 0 bridgehead atoms. The maximum Gasteiger partial charge on any atom is 0.338 e. The minimum absolute atomic E-state index is 0.155. The molecule has 2 aromatic carbocycles. The quantitative estimate of drug-likeness (QED) is 0.488. The molecule has 1 aliphatic rings. The largest absolute Gasteiger partial charge is 0.493 e. The molecule has 166 valence electrons. The first-order valence-electron chi connectivity index (χ1n) is 10.00. The number of benzene rings is 2. The topological polar surface area (TPSA) is 100 Å². The van der Waals surface area contributed by atoms with Crippen LogP contribution in [0.25, 0.3) is 0 Å². The molecule has 3 aromatic rings. The molecule has 0 saturated carbocycles. The molecule has 0 saturated heterocycles. The van der Waals surface area contributed by atoms with E-state index in [1.807, 2.05) is 49.4 Å². The van der Waals surface area contributed by atoms with Crippen LogP contribution >= 0.6 is 15.9 Å². The summed E-state index contributed by atoms with van der Waals surface area (Å²) in [6.07, 6.45) is 0. The van der Waals surface area contributed by atoms with E-state index in [0.717, 1.165) is 11.1 Å². The van der Waals surface area contributed by atoms with E-state index in [1.54, 1.807) is 18.7 Å². The molecular weight excluding hydrogens is 478 g/mol. The number of carbonyl (C=O) groups excluding carboxylic acids is 1. The van der Waals surface area contributed by atoms with Gasteiger partial charge in [-0.15, -0.1) is 0 Å². The number of halogens is 1. The van der Waals surface area contributed by atoms with E-state index < -0.39 is 12.0 Å². The number of hydrogen-bond acceptors (Lipinski definition) is 8. The Morgan fingerprint density at radius 3 is 2.75 bits per heavy atom. The van der Waals surface area contributed by atoms with E-state index in [0.29, 0.717) is 39.8 Å². The van der Waals surface area contributed by atoms with Crippen LogP contribution in [0.1, 0.15) is 31.0 Å². The van der Waals surface area contributed by atoms with Crippen LogP contribution in [0.5, 0.6) is 11.5 Å². The van der Waals surface area contributed by atoms with Crippen molar-refractivity contribution in [3.63, 3.8) is 0 Å². The molecule has 1 aromatic heterocycles. The number of tetrazole rings is 1. The highest BCUT2D eigenvalue weighted by Crippen LogP contribution is 2.42. The van der Waals surface area contributed by atoms with Crippen LogP contribution < -0.4 is 14.8 Å². The summed E-state index contributed by atoms with van der Waals surface area (Å²) in [7, 11) is 1.56. The van der Waals surface area contributed by atoms with Crippen LogP contribution in [-0.2, 0) is 16.1 Å². The summed E-state index contributed by atoms with van der Waals surface area (Å²) in [5.41, 5.74) is 2.64. The number of rotatable bonds is 7. The van der Waals surface area contributed by atoms with Gasteiger partial charge in [-0.05, 0) is 63.5 Å². The molecular formula is C22H22BrN5O4. The van der Waals surface area contributed by atoms with Gasteiger partial charge < -0.3 is 19.5 Å². The van der Waals surface area contributed by atoms with Gasteiger partial charge in [0.15, 0.2) is 11.5 Å². The van der Waals surface area contributed by atoms with Crippen molar-refractivity contribution < 1.29 is 19.0 Å². The molecule has 9 nitrogen and oxygen atoms in total. The van der Waals surface area contributed by atoms with Gasteiger partial charge in [0.1, 0.15) is 12.6 Å². The van der Waals surface area contributed by atoms with Crippen molar-refractivity contribution in [2.45, 2.75) is 26.5 Å². The Balaban J connectivity index is 1.74. The molecule has 32 heavy (non-hydrogen) atoms. The lowest BCUT2D eigenvalue weighted by molar-refractivity contribution is -0.140. The zero-order valence-corrected chi connectivity index (χ0v) is 19.4. The Kier molecular flexibility index (Phi) is 6.40. The number of methoxy groups -OCH3 is 1. The molecule has 4 rings (SSSR count). The lowest BCUT2D eigenvalue weighted by Crippen LogP contribution is -2.29. The van der Waals surface area contributed by atoms with Crippen LogP contribution in [0.15, 0.2) is 58.2 Å². The van der Waals surface area contributed by atoms with Crippen molar-refractivity contribution in [2.75, 3.05) is 19.0 Å². The Bertz CT molecular complexity index is 1160. The lowest BCUT2D eigenvalue weighted by Gasteiger charge is -2.28. The monoisotopic (exact) mass is 499 g/mol. The molecule has 1 N–H and O–H groups in total. The zero-order valence-electron chi connectivity index (χ0n) is 17.8. The molecule has 0 radical (unpaired) electrons. The minimum atomic E-state index is -0.620. The average Bonchev–Trinajstić information content (AvgIpc) is 3.26. The van der Waals surface area contributed by atoms with E-state index in [-0.39, 0.29) is 6.61 Å². The highest BCUT2D eigenvalue weighted by Gasteiger charge is 2.36. The molecule has 10 heteroatoms. The number of nitrogens with one attached hydrogen (secondary N) is 1. The van der Waals surface area contributed by atoms with E-state index in [9.17, 15) is 4.79 Å². The lowest BCUT2D eigenvalue weighted by atomic mass is 9.95. The predicted molar refractivity (Wildman–Crippen MR) is 120 cm³/mol. The second kappa shape index (κ2) is 9.39. The first-order chi connectivity index (χ1) is 15.5. The van der Waals surface area contributed by atoms with Gasteiger partial charge in [-0.1, -0.05) is 35.4 Å². The van der Waals surface area contributed by atoms with Crippen LogP contribution in [0.4, 0.5) is 5.95 Å². The maximum absolute atomic E-state index is 13.2. The summed E-state index contributed by atoms with van der Waals surface area (Å²) in [6.45, 7) is 4.33. The van der Waals surface area contributed by atoms with Gasteiger partial charge in [0, 0.05) is 5.70 Å². The summed E-state index contributed by atoms with van der Waals surface area (Å²) in [5, 5.41) is 15.0. The fraction of sp³-hybridized carbons (Fsp3) is 0.273. The van der Waals surface area contributed by atoms with Gasteiger partial charge in [-0.2, -0.15) is 4.68 Å². The normalized spacial score (nSPS) is 15.1. The van der Waals surface area contributed by atoms with Gasteiger partial charge in [0.05, 0.1) is 23.8 Å². The van der Waals surface area contributed by atoms with Crippen molar-refractivity contribution in [1.29, 1.82) is 0 Å². The van der Waals surface area contributed by atoms with Gasteiger partial charge in [-0.3, -0.25) is 0 Å². The fourth-order valence-electron chi connectivity index (χ4n) is 3.57. The third-order valence-electron chi connectivity index (χ3n) is 5.00. The molecule has 1 atom stereocenters. The number of allylic oxidation sites excluding steroid dienone is 1. The van der Waals surface area contributed by atoms with Gasteiger partial charge in [-0.25, -0.2) is 4.79 Å². The molecule has 0 amide bonds. The van der Waals surface area contributed by atoms with Crippen LogP contribution in [0.3, 0.4) is 0 Å². The average molecular weight is 500 g/mol. The maximum atomic E-state index is 13.2. The Labute approximate surface area is 193 Å². The van der Waals surface area contributed by atoms with Crippen LogP contribution in [0, 0.1) is 0 Å². The van der Waals surface area contributed by atoms with Gasteiger partial charge in [0.2, 0.25) is 5.95 Å². The number of fused-ring (bicyclic) bond motifs is 1. The Hall–Kier alpha value is -3.40. The standard InChI is InChI=1S/C22H22BrN5O4/c1-4-31-20-16(23)10-15(11-17(20)30-3)19-18(13(2)24-22-25-26-27-28(19)22)21(29)32-12-14-8-6-5-7-9-14/h5-11,19H,4,12H2,1-3H3,(H,24,25,27). The van der Waals surface area contributed by atoms with E-state index >= 15 is 0 Å². The summed E-state index contributed by atoms with van der Waals surface area (Å²) >= 11 is 3.56. The molecule has 1 aliphatic heterocycles. The molecule has 0 spiro atoms. The third-order valence-corrected chi connectivity index (χ3v) is 5.59. The van der Waals surface area contributed by atoms with Crippen molar-refractivity contribution in [1.82, 2.24) is 20.2 Å². The number of aromatic nitrogens is 4. The van der Waals surface area contributed by atoms with Crippen LogP contribution in [0.2, 0.25) is 0 Å². The first-order valence-corrected chi connectivity index (χ1v) is 10.8. The smallest absolute Gasteiger partial charge is 0.338 e. The summed E-state index contributed by atoms with van der Waals surface area (Å²) in [4.78, 5) is 13.2. The van der Waals surface area contributed by atoms with Gasteiger partial charge in [0.25, 0.3) is 0 Å². The minimum Gasteiger partial charge on any atom is -0.493 e. The van der Waals surface area contributed by atoms with Crippen molar-refractivity contribution in [3.05, 3.63) is 69.3 Å². The van der Waals surface area contributed by atoms with Gasteiger partial charge >= 0.3 is 5.97 Å². The molecule has 0 fully saturated rings. The number of ether oxygens (including phenoxy) is 3. The summed E-state index contributed by atoms with van der Waals surface area (Å²) in [5.74, 6) is 1.07. The number of hydrogen-bond donors (Lipinski definition) is 1. The van der Waals surface area contributed by atoms with E-state index in [2.05, 4.69) is 36.8 Å². The first kappa shape index (κ1) is 21.8. The number of carbonyl (C=O) groups is 1. The highest BCUT2D eigenvalue weighted by molar-refractivity contribution is 9.10. The second-order valence-corrected chi connectivity index (χ2v) is 7.90. The summed E-state index contributed by atoms with van der Waals surface area (Å²) < 4.78 is 19.1.